The second-order valence-corrected chi connectivity index (χ2v) is 11.0. The zero-order valence-corrected chi connectivity index (χ0v) is 23.7. The minimum Gasteiger partial charge on any atom is -0.469 e. The van der Waals surface area contributed by atoms with Crippen LogP contribution in [0.5, 0.6) is 5.19 Å². The van der Waals surface area contributed by atoms with Crippen molar-refractivity contribution in [2.24, 2.45) is 30.7 Å². The van der Waals surface area contributed by atoms with E-state index < -0.39 is 0 Å². The lowest BCUT2D eigenvalue weighted by Gasteiger charge is -2.13. The molecule has 0 aliphatic carbocycles. The van der Waals surface area contributed by atoms with E-state index in [0.717, 1.165) is 58.4 Å². The van der Waals surface area contributed by atoms with Crippen LogP contribution in [0.3, 0.4) is 0 Å². The molecule has 12 heteroatoms. The molecule has 200 valence electrons. The predicted molar refractivity (Wildman–Crippen MR) is 156 cm³/mol. The Balaban J connectivity index is 1.20. The van der Waals surface area contributed by atoms with Crippen LogP contribution < -0.4 is 9.64 Å². The van der Waals surface area contributed by atoms with Crippen molar-refractivity contribution < 1.29 is 4.74 Å². The average molecular weight is 560 g/mol. The van der Waals surface area contributed by atoms with Crippen LogP contribution in [0.25, 0.3) is 0 Å². The lowest BCUT2D eigenvalue weighted by Crippen LogP contribution is -2.15. The summed E-state index contributed by atoms with van der Waals surface area (Å²) in [7, 11) is 0. The SMILES string of the molecule is CCCOc1nnc(N=Nc2ccc(N=Nc3ccc(N=Nc4ccc(N5CCCC5)s4)cc3C)cc2C)s1. The fourth-order valence-corrected chi connectivity index (χ4v) is 5.34. The molecule has 0 atom stereocenters. The van der Waals surface area contributed by atoms with Crippen LogP contribution in [0, 0.1) is 13.8 Å². The van der Waals surface area contributed by atoms with Gasteiger partial charge in [0.2, 0.25) is 0 Å². The Morgan fingerprint density at radius 3 is 2.10 bits per heavy atom. The molecule has 0 saturated carbocycles. The maximum Gasteiger partial charge on any atom is 0.295 e. The highest BCUT2D eigenvalue weighted by molar-refractivity contribution is 7.19. The molecule has 1 aliphatic heterocycles. The molecule has 10 nitrogen and oxygen atoms in total. The van der Waals surface area contributed by atoms with Gasteiger partial charge < -0.3 is 9.64 Å². The molecular formula is C27H29N9OS2. The summed E-state index contributed by atoms with van der Waals surface area (Å²) in [5, 5.41) is 37.3. The third-order valence-electron chi connectivity index (χ3n) is 5.96. The molecule has 3 heterocycles. The number of rotatable bonds is 10. The molecule has 2 aromatic carbocycles. The van der Waals surface area contributed by atoms with Crippen LogP contribution in [0.15, 0.2) is 79.2 Å². The number of azo groups is 3. The minimum atomic E-state index is 0.449. The van der Waals surface area contributed by atoms with Gasteiger partial charge >= 0.3 is 0 Å². The highest BCUT2D eigenvalue weighted by Gasteiger charge is 2.14. The van der Waals surface area contributed by atoms with Crippen molar-refractivity contribution in [3.05, 3.63) is 59.7 Å². The molecule has 0 spiro atoms. The summed E-state index contributed by atoms with van der Waals surface area (Å²) in [4.78, 5) is 2.41. The van der Waals surface area contributed by atoms with Gasteiger partial charge in [-0.05, 0) is 104 Å². The van der Waals surface area contributed by atoms with Gasteiger partial charge in [0.25, 0.3) is 10.3 Å². The van der Waals surface area contributed by atoms with Gasteiger partial charge in [0, 0.05) is 13.1 Å². The summed E-state index contributed by atoms with van der Waals surface area (Å²) >= 11 is 2.94. The van der Waals surface area contributed by atoms with Crippen LogP contribution in [-0.4, -0.2) is 29.9 Å². The Morgan fingerprint density at radius 2 is 1.44 bits per heavy atom. The number of nitrogens with zero attached hydrogens (tertiary/aromatic N) is 9. The molecule has 0 amide bonds. The van der Waals surface area contributed by atoms with E-state index in [1.807, 2.05) is 63.2 Å². The Kier molecular flexibility index (Phi) is 8.74. The minimum absolute atomic E-state index is 0.449. The van der Waals surface area contributed by atoms with Gasteiger partial charge in [-0.1, -0.05) is 23.4 Å². The summed E-state index contributed by atoms with van der Waals surface area (Å²) in [6.45, 7) is 8.84. The van der Waals surface area contributed by atoms with Crippen molar-refractivity contribution in [2.75, 3.05) is 24.6 Å². The largest absolute Gasteiger partial charge is 0.469 e. The lowest BCUT2D eigenvalue weighted by molar-refractivity contribution is 0.313. The molecule has 1 saturated heterocycles. The average Bonchev–Trinajstić information content (AvgIpc) is 3.72. The van der Waals surface area contributed by atoms with Crippen LogP contribution in [0.4, 0.5) is 37.9 Å². The first-order chi connectivity index (χ1) is 19.1. The molecule has 0 bridgehead atoms. The van der Waals surface area contributed by atoms with Gasteiger partial charge in [0.05, 0.1) is 34.4 Å². The van der Waals surface area contributed by atoms with Gasteiger partial charge in [-0.15, -0.1) is 25.6 Å². The predicted octanol–water partition coefficient (Wildman–Crippen LogP) is 9.85. The maximum absolute atomic E-state index is 5.46. The topological polar surface area (TPSA) is 112 Å². The highest BCUT2D eigenvalue weighted by Crippen LogP contribution is 2.35. The summed E-state index contributed by atoms with van der Waals surface area (Å²) < 4.78 is 5.46. The lowest BCUT2D eigenvalue weighted by atomic mass is 10.2. The molecule has 0 N–H and O–H groups in total. The fraction of sp³-hybridized carbons (Fsp3) is 0.333. The molecule has 1 aliphatic rings. The van der Waals surface area contributed by atoms with E-state index in [0.29, 0.717) is 16.9 Å². The highest BCUT2D eigenvalue weighted by atomic mass is 32.1. The Labute approximate surface area is 235 Å². The number of benzene rings is 2. The number of anilines is 1. The molecule has 4 aromatic rings. The van der Waals surface area contributed by atoms with Crippen molar-refractivity contribution >= 4 is 60.6 Å². The molecular weight excluding hydrogens is 530 g/mol. The van der Waals surface area contributed by atoms with E-state index in [1.165, 1.54) is 29.2 Å². The van der Waals surface area contributed by atoms with Crippen molar-refractivity contribution in [3.63, 3.8) is 0 Å². The van der Waals surface area contributed by atoms with E-state index in [1.54, 1.807) is 11.3 Å². The summed E-state index contributed by atoms with van der Waals surface area (Å²) in [6, 6.07) is 15.6. The Bertz CT molecular complexity index is 1500. The van der Waals surface area contributed by atoms with Gasteiger partial charge in [0.1, 0.15) is 5.00 Å². The zero-order valence-electron chi connectivity index (χ0n) is 22.1. The van der Waals surface area contributed by atoms with E-state index >= 15 is 0 Å². The standard InChI is InChI=1S/C27H29N9OS2/c1-4-15-37-27-35-34-26(39-27)33-31-23-10-7-20(16-19(23)3)28-30-22-9-8-21(17-18(22)2)29-32-24-11-12-25(38-24)36-13-5-6-14-36/h7-12,16-17H,4-6,13-15H2,1-3H3. The number of thiophene rings is 1. The summed E-state index contributed by atoms with van der Waals surface area (Å²) in [5.74, 6) is 0. The zero-order chi connectivity index (χ0) is 27.0. The fourth-order valence-electron chi connectivity index (χ4n) is 3.91. The third-order valence-corrected chi connectivity index (χ3v) is 7.71. The molecule has 2 aromatic heterocycles. The first-order valence-electron chi connectivity index (χ1n) is 12.8. The van der Waals surface area contributed by atoms with Crippen LogP contribution in [0.2, 0.25) is 0 Å². The first kappa shape index (κ1) is 26.7. The second kappa shape index (κ2) is 12.8. The number of ether oxygens (including phenoxy) is 1. The molecule has 0 unspecified atom stereocenters. The van der Waals surface area contributed by atoms with E-state index in [4.69, 9.17) is 4.74 Å². The molecule has 39 heavy (non-hydrogen) atoms. The van der Waals surface area contributed by atoms with Crippen LogP contribution in [0.1, 0.15) is 37.3 Å². The van der Waals surface area contributed by atoms with Crippen molar-refractivity contribution in [2.45, 2.75) is 40.0 Å². The Morgan fingerprint density at radius 1 is 0.769 bits per heavy atom. The quantitative estimate of drug-likeness (QED) is 0.180. The van der Waals surface area contributed by atoms with Gasteiger partial charge in [-0.3, -0.25) is 0 Å². The smallest absolute Gasteiger partial charge is 0.295 e. The maximum atomic E-state index is 5.46. The van der Waals surface area contributed by atoms with E-state index in [9.17, 15) is 0 Å². The Hall–Kier alpha value is -3.90. The van der Waals surface area contributed by atoms with Crippen molar-refractivity contribution in [3.8, 4) is 5.19 Å². The first-order valence-corrected chi connectivity index (χ1v) is 14.5. The summed E-state index contributed by atoms with van der Waals surface area (Å²) in [5.41, 5.74) is 4.92. The van der Waals surface area contributed by atoms with E-state index in [2.05, 4.69) is 51.8 Å². The van der Waals surface area contributed by atoms with Crippen LogP contribution in [-0.2, 0) is 0 Å². The van der Waals surface area contributed by atoms with Gasteiger partial charge in [0.15, 0.2) is 0 Å². The van der Waals surface area contributed by atoms with Crippen molar-refractivity contribution in [1.82, 2.24) is 10.2 Å². The van der Waals surface area contributed by atoms with Crippen LogP contribution >= 0.6 is 22.7 Å². The number of aryl methyl sites for hydroxylation is 2. The van der Waals surface area contributed by atoms with Gasteiger partial charge in [-0.25, -0.2) is 0 Å². The number of hydrogen-bond donors (Lipinski definition) is 0. The molecule has 0 radical (unpaired) electrons. The molecule has 1 fully saturated rings. The van der Waals surface area contributed by atoms with Gasteiger partial charge in [-0.2, -0.15) is 10.2 Å². The van der Waals surface area contributed by atoms with Crippen molar-refractivity contribution in [1.29, 1.82) is 0 Å². The molecule has 5 rings (SSSR count). The van der Waals surface area contributed by atoms with E-state index in [-0.39, 0.29) is 0 Å². The normalized spacial score (nSPS) is 14.0. The second-order valence-electron chi connectivity index (χ2n) is 9.05. The number of aromatic nitrogens is 2. The monoisotopic (exact) mass is 559 g/mol. The number of hydrogen-bond acceptors (Lipinski definition) is 12. The summed E-state index contributed by atoms with van der Waals surface area (Å²) in [6.07, 6.45) is 3.43. The third kappa shape index (κ3) is 7.15.